The summed E-state index contributed by atoms with van der Waals surface area (Å²) >= 11 is 13.6. The number of halogens is 2. The van der Waals surface area contributed by atoms with Gasteiger partial charge in [0, 0.05) is 33.3 Å². The fourth-order valence-electron chi connectivity index (χ4n) is 1.97. The van der Waals surface area contributed by atoms with Gasteiger partial charge < -0.3 is 0 Å². The molecule has 5 nitrogen and oxygen atoms in total. The molecule has 1 aromatic heterocycles. The Morgan fingerprint density at radius 2 is 1.67 bits per heavy atom. The number of nitro groups is 1. The molecule has 3 rings (SSSR count). The van der Waals surface area contributed by atoms with Gasteiger partial charge in [-0.15, -0.1) is 10.2 Å². The van der Waals surface area contributed by atoms with Crippen molar-refractivity contribution in [1.29, 1.82) is 0 Å². The summed E-state index contributed by atoms with van der Waals surface area (Å²) in [5, 5.41) is 21.3. The van der Waals surface area contributed by atoms with Crippen LogP contribution < -0.4 is 0 Å². The summed E-state index contributed by atoms with van der Waals surface area (Å²) in [4.78, 5) is 10.2. The second kappa shape index (κ2) is 7.09. The van der Waals surface area contributed by atoms with Gasteiger partial charge in [0.15, 0.2) is 0 Å². The number of benzene rings is 2. The van der Waals surface area contributed by atoms with Crippen LogP contribution in [0.4, 0.5) is 5.69 Å². The van der Waals surface area contributed by atoms with E-state index in [0.717, 1.165) is 5.56 Å². The van der Waals surface area contributed by atoms with E-state index in [4.69, 9.17) is 23.2 Å². The molecule has 0 saturated carbocycles. The molecule has 8 heteroatoms. The zero-order chi connectivity index (χ0) is 17.1. The Morgan fingerprint density at radius 3 is 2.29 bits per heavy atom. The predicted molar refractivity (Wildman–Crippen MR) is 97.4 cm³/mol. The van der Waals surface area contributed by atoms with Crippen molar-refractivity contribution in [3.63, 3.8) is 0 Å². The van der Waals surface area contributed by atoms with E-state index in [1.165, 1.54) is 23.5 Å². The van der Waals surface area contributed by atoms with Crippen molar-refractivity contribution in [3.8, 4) is 10.6 Å². The average Bonchev–Trinajstić information content (AvgIpc) is 3.03. The molecule has 120 valence electrons. The third kappa shape index (κ3) is 3.62. The Hall–Kier alpha value is -2.28. The molecule has 0 aliphatic rings. The van der Waals surface area contributed by atoms with Crippen LogP contribution in [0.25, 0.3) is 22.7 Å². The van der Waals surface area contributed by atoms with Crippen LogP contribution in [0.15, 0.2) is 42.5 Å². The molecule has 1 heterocycles. The van der Waals surface area contributed by atoms with E-state index in [9.17, 15) is 10.1 Å². The molecule has 0 spiro atoms. The molecule has 2 aromatic carbocycles. The molecule has 0 saturated heterocycles. The molecule has 0 unspecified atom stereocenters. The van der Waals surface area contributed by atoms with Gasteiger partial charge in [0.2, 0.25) is 0 Å². The quantitative estimate of drug-likeness (QED) is 0.438. The smallest absolute Gasteiger partial charge is 0.258 e. The number of hydrogen-bond donors (Lipinski definition) is 0. The van der Waals surface area contributed by atoms with E-state index in [2.05, 4.69) is 10.2 Å². The first-order chi connectivity index (χ1) is 11.5. The SMILES string of the molecule is O=[N+]([O-])c1ccc(-c2nnc(/C=C/c3c(Cl)cccc3Cl)s2)cc1. The number of nitro benzene ring substituents is 1. The third-order valence-electron chi connectivity index (χ3n) is 3.16. The van der Waals surface area contributed by atoms with E-state index in [0.29, 0.717) is 25.6 Å². The molecule has 0 aliphatic carbocycles. The average molecular weight is 378 g/mol. The standard InChI is InChI=1S/C16H9Cl2N3O2S/c17-13-2-1-3-14(18)12(13)8-9-15-19-20-16(24-15)10-4-6-11(7-5-10)21(22)23/h1-9H/b9-8+. The lowest BCUT2D eigenvalue weighted by molar-refractivity contribution is -0.384. The lowest BCUT2D eigenvalue weighted by atomic mass is 10.2. The molecule has 0 fully saturated rings. The van der Waals surface area contributed by atoms with E-state index in [-0.39, 0.29) is 5.69 Å². The normalized spacial score (nSPS) is 11.1. The van der Waals surface area contributed by atoms with Gasteiger partial charge in [-0.25, -0.2) is 0 Å². The molecule has 0 amide bonds. The number of nitrogens with zero attached hydrogens (tertiary/aromatic N) is 3. The number of non-ortho nitro benzene ring substituents is 1. The van der Waals surface area contributed by atoms with Crippen LogP contribution >= 0.6 is 34.5 Å². The van der Waals surface area contributed by atoms with Crippen LogP contribution in [0.5, 0.6) is 0 Å². The summed E-state index contributed by atoms with van der Waals surface area (Å²) in [6.45, 7) is 0. The minimum atomic E-state index is -0.439. The monoisotopic (exact) mass is 377 g/mol. The van der Waals surface area contributed by atoms with Crippen molar-refractivity contribution in [2.24, 2.45) is 0 Å². The first-order valence-electron chi connectivity index (χ1n) is 6.75. The van der Waals surface area contributed by atoms with Crippen LogP contribution in [0, 0.1) is 10.1 Å². The van der Waals surface area contributed by atoms with E-state index in [1.54, 1.807) is 42.5 Å². The lowest BCUT2D eigenvalue weighted by Crippen LogP contribution is -1.86. The number of rotatable bonds is 4. The minimum absolute atomic E-state index is 0.0387. The van der Waals surface area contributed by atoms with Crippen LogP contribution in [-0.2, 0) is 0 Å². The van der Waals surface area contributed by atoms with Crippen molar-refractivity contribution in [1.82, 2.24) is 10.2 Å². The molecule has 0 atom stereocenters. The molecular formula is C16H9Cl2N3O2S. The first-order valence-corrected chi connectivity index (χ1v) is 8.32. The second-order valence-electron chi connectivity index (χ2n) is 4.72. The number of aromatic nitrogens is 2. The maximum atomic E-state index is 10.7. The molecule has 0 radical (unpaired) electrons. The minimum Gasteiger partial charge on any atom is -0.258 e. The van der Waals surface area contributed by atoms with Gasteiger partial charge in [-0.05, 0) is 36.4 Å². The molecule has 3 aromatic rings. The van der Waals surface area contributed by atoms with E-state index in [1.807, 2.05) is 0 Å². The van der Waals surface area contributed by atoms with Crippen molar-refractivity contribution in [2.75, 3.05) is 0 Å². The molecule has 0 aliphatic heterocycles. The summed E-state index contributed by atoms with van der Waals surface area (Å²) in [5.74, 6) is 0. The molecule has 24 heavy (non-hydrogen) atoms. The Balaban J connectivity index is 1.83. The Morgan fingerprint density at radius 1 is 1.00 bits per heavy atom. The topological polar surface area (TPSA) is 68.9 Å². The maximum Gasteiger partial charge on any atom is 0.269 e. The second-order valence-corrected chi connectivity index (χ2v) is 6.54. The highest BCUT2D eigenvalue weighted by Crippen LogP contribution is 2.29. The maximum absolute atomic E-state index is 10.7. The predicted octanol–water partition coefficient (Wildman–Crippen LogP) is 5.59. The van der Waals surface area contributed by atoms with Crippen LogP contribution in [0.2, 0.25) is 10.0 Å². The van der Waals surface area contributed by atoms with Crippen LogP contribution in [0.3, 0.4) is 0 Å². The highest BCUT2D eigenvalue weighted by Gasteiger charge is 2.09. The van der Waals surface area contributed by atoms with E-state index < -0.39 is 4.92 Å². The van der Waals surface area contributed by atoms with Crippen molar-refractivity contribution < 1.29 is 4.92 Å². The van der Waals surface area contributed by atoms with E-state index >= 15 is 0 Å². The fourth-order valence-corrected chi connectivity index (χ4v) is 3.24. The highest BCUT2D eigenvalue weighted by molar-refractivity contribution is 7.15. The summed E-state index contributed by atoms with van der Waals surface area (Å²) in [5.41, 5.74) is 1.53. The zero-order valence-electron chi connectivity index (χ0n) is 12.0. The van der Waals surface area contributed by atoms with Crippen molar-refractivity contribution in [2.45, 2.75) is 0 Å². The summed E-state index contributed by atoms with van der Waals surface area (Å²) in [6, 6.07) is 11.5. The highest BCUT2D eigenvalue weighted by atomic mass is 35.5. The van der Waals surface area contributed by atoms with Gasteiger partial charge in [-0.3, -0.25) is 10.1 Å². The largest absolute Gasteiger partial charge is 0.269 e. The van der Waals surface area contributed by atoms with Gasteiger partial charge in [-0.1, -0.05) is 40.6 Å². The van der Waals surface area contributed by atoms with Crippen molar-refractivity contribution in [3.05, 3.63) is 73.2 Å². The zero-order valence-corrected chi connectivity index (χ0v) is 14.3. The molecule has 0 N–H and O–H groups in total. The van der Waals surface area contributed by atoms with Gasteiger partial charge in [0.1, 0.15) is 10.0 Å². The third-order valence-corrected chi connectivity index (χ3v) is 4.75. The van der Waals surface area contributed by atoms with Gasteiger partial charge in [0.25, 0.3) is 5.69 Å². The van der Waals surface area contributed by atoms with Gasteiger partial charge in [-0.2, -0.15) is 0 Å². The van der Waals surface area contributed by atoms with Crippen molar-refractivity contribution >= 4 is 52.4 Å². The lowest BCUT2D eigenvalue weighted by Gasteiger charge is -1.99. The summed E-state index contributed by atoms with van der Waals surface area (Å²) in [6.07, 6.45) is 3.56. The summed E-state index contributed by atoms with van der Waals surface area (Å²) < 4.78 is 0. The Labute approximate surface area is 151 Å². The molecular weight excluding hydrogens is 369 g/mol. The first kappa shape index (κ1) is 16.6. The summed E-state index contributed by atoms with van der Waals surface area (Å²) in [7, 11) is 0. The van der Waals surface area contributed by atoms with Crippen LogP contribution in [0.1, 0.15) is 10.6 Å². The molecule has 0 bridgehead atoms. The number of hydrogen-bond acceptors (Lipinski definition) is 5. The van der Waals surface area contributed by atoms with Gasteiger partial charge in [0.05, 0.1) is 4.92 Å². The van der Waals surface area contributed by atoms with Crippen LogP contribution in [-0.4, -0.2) is 15.1 Å². The van der Waals surface area contributed by atoms with Gasteiger partial charge >= 0.3 is 0 Å². The fraction of sp³-hybridized carbons (Fsp3) is 0. The Bertz CT molecular complexity index is 903. The Kier molecular flexibility index (Phi) is 4.89.